The Morgan fingerprint density at radius 1 is 1.20 bits per heavy atom. The van der Waals surface area contributed by atoms with E-state index in [0.29, 0.717) is 30.8 Å². The molecule has 1 aromatic rings. The average molecular weight is 301 g/mol. The first-order valence-electron chi connectivity index (χ1n) is 6.16. The van der Waals surface area contributed by atoms with Crippen LogP contribution in [-0.2, 0) is 4.84 Å². The Labute approximate surface area is 125 Å². The van der Waals surface area contributed by atoms with Crippen LogP contribution in [0.2, 0.25) is 0 Å². The molecular weight excluding hydrogens is 280 g/mol. The molecule has 0 atom stereocenters. The van der Waals surface area contributed by atoms with Gasteiger partial charge in [0.25, 0.3) is 5.95 Å². The highest BCUT2D eigenvalue weighted by molar-refractivity contribution is 5.85. The molecule has 1 rings (SSSR count). The molecule has 8 heteroatoms. The number of terminal acetylenes is 1. The summed E-state index contributed by atoms with van der Waals surface area (Å²) in [6.07, 6.45) is 6.80. The van der Waals surface area contributed by atoms with Crippen LogP contribution in [0.25, 0.3) is 0 Å². The Balaban J connectivity index is 0.00000361. The maximum absolute atomic E-state index is 5.20. The van der Waals surface area contributed by atoms with Crippen molar-refractivity contribution in [2.75, 3.05) is 42.9 Å². The van der Waals surface area contributed by atoms with E-state index in [9.17, 15) is 0 Å². The Kier molecular flexibility index (Phi) is 9.17. The monoisotopic (exact) mass is 300 g/mol. The predicted octanol–water partition coefficient (Wildman–Crippen LogP) is 1.55. The highest BCUT2D eigenvalue weighted by Crippen LogP contribution is 2.12. The molecule has 112 valence electrons. The summed E-state index contributed by atoms with van der Waals surface area (Å²) in [5, 5.41) is 7.64. The minimum atomic E-state index is 0. The molecule has 20 heavy (non-hydrogen) atoms. The molecule has 0 aliphatic carbocycles. The van der Waals surface area contributed by atoms with Crippen LogP contribution < -0.4 is 15.7 Å². The highest BCUT2D eigenvalue weighted by atomic mass is 35.5. The van der Waals surface area contributed by atoms with E-state index in [1.165, 1.54) is 5.06 Å². The third-order valence-corrected chi connectivity index (χ3v) is 2.26. The standard InChI is InChI=1S/C12H20N6O.ClH/c1-5-7-9-14-11-15-10(13-8-6-2)16-12(17-11)18(3)19-4;/h1H,6-9H2,2-4H3,(H2,13,14,15,16,17);1H. The van der Waals surface area contributed by atoms with Gasteiger partial charge in [0, 0.05) is 26.6 Å². The third-order valence-electron chi connectivity index (χ3n) is 2.26. The Bertz CT molecular complexity index is 436. The molecule has 0 saturated carbocycles. The van der Waals surface area contributed by atoms with Crippen molar-refractivity contribution in [2.45, 2.75) is 19.8 Å². The van der Waals surface area contributed by atoms with E-state index in [0.717, 1.165) is 13.0 Å². The van der Waals surface area contributed by atoms with Gasteiger partial charge in [-0.2, -0.15) is 15.0 Å². The second-order valence-corrected chi connectivity index (χ2v) is 3.77. The molecule has 1 aromatic heterocycles. The van der Waals surface area contributed by atoms with Gasteiger partial charge in [0.2, 0.25) is 11.9 Å². The quantitative estimate of drug-likeness (QED) is 0.428. The van der Waals surface area contributed by atoms with Crippen LogP contribution in [0.1, 0.15) is 19.8 Å². The van der Waals surface area contributed by atoms with Crippen LogP contribution in [0.3, 0.4) is 0 Å². The lowest BCUT2D eigenvalue weighted by Gasteiger charge is -2.15. The maximum Gasteiger partial charge on any atom is 0.256 e. The fourth-order valence-corrected chi connectivity index (χ4v) is 1.23. The molecule has 0 aliphatic heterocycles. The van der Waals surface area contributed by atoms with E-state index < -0.39 is 0 Å². The first-order valence-corrected chi connectivity index (χ1v) is 6.16. The summed E-state index contributed by atoms with van der Waals surface area (Å²) >= 11 is 0. The van der Waals surface area contributed by atoms with Crippen molar-refractivity contribution < 1.29 is 4.84 Å². The topological polar surface area (TPSA) is 75.2 Å². The van der Waals surface area contributed by atoms with E-state index in [2.05, 4.69) is 38.4 Å². The van der Waals surface area contributed by atoms with Gasteiger partial charge in [-0.1, -0.05) is 6.92 Å². The van der Waals surface area contributed by atoms with Crippen molar-refractivity contribution in [3.8, 4) is 12.3 Å². The maximum atomic E-state index is 5.20. The summed E-state index contributed by atoms with van der Waals surface area (Å²) in [6.45, 7) is 3.48. The minimum Gasteiger partial charge on any atom is -0.354 e. The number of hydrogen-bond donors (Lipinski definition) is 2. The molecule has 0 radical (unpaired) electrons. The van der Waals surface area contributed by atoms with E-state index in [1.54, 1.807) is 14.2 Å². The second kappa shape index (κ2) is 10.1. The zero-order chi connectivity index (χ0) is 14.1. The van der Waals surface area contributed by atoms with Gasteiger partial charge >= 0.3 is 0 Å². The molecule has 1 heterocycles. The second-order valence-electron chi connectivity index (χ2n) is 3.77. The van der Waals surface area contributed by atoms with Crippen molar-refractivity contribution in [3.05, 3.63) is 0 Å². The molecule has 0 fully saturated rings. The summed E-state index contributed by atoms with van der Waals surface area (Å²) in [5.74, 6) is 3.97. The zero-order valence-electron chi connectivity index (χ0n) is 12.0. The number of hydrogen-bond acceptors (Lipinski definition) is 7. The molecule has 0 spiro atoms. The average Bonchev–Trinajstić information content (AvgIpc) is 2.44. The number of aromatic nitrogens is 3. The van der Waals surface area contributed by atoms with E-state index in [1.807, 2.05) is 0 Å². The van der Waals surface area contributed by atoms with Crippen LogP contribution in [-0.4, -0.2) is 42.2 Å². The van der Waals surface area contributed by atoms with Gasteiger partial charge in [-0.3, -0.25) is 4.84 Å². The molecule has 2 N–H and O–H groups in total. The fraction of sp³-hybridized carbons (Fsp3) is 0.583. The van der Waals surface area contributed by atoms with Crippen molar-refractivity contribution in [2.24, 2.45) is 0 Å². The Morgan fingerprint density at radius 2 is 1.80 bits per heavy atom. The smallest absolute Gasteiger partial charge is 0.256 e. The summed E-state index contributed by atoms with van der Waals surface area (Å²) in [5.41, 5.74) is 0. The summed E-state index contributed by atoms with van der Waals surface area (Å²) in [7, 11) is 3.28. The van der Waals surface area contributed by atoms with Gasteiger partial charge < -0.3 is 10.6 Å². The number of nitrogens with one attached hydrogen (secondary N) is 2. The van der Waals surface area contributed by atoms with Crippen LogP contribution in [0.5, 0.6) is 0 Å². The molecule has 0 unspecified atom stereocenters. The lowest BCUT2D eigenvalue weighted by Crippen LogP contribution is -2.20. The minimum absolute atomic E-state index is 0. The first-order chi connectivity index (χ1) is 9.21. The number of hydroxylamine groups is 1. The lowest BCUT2D eigenvalue weighted by molar-refractivity contribution is 0.180. The number of halogens is 1. The van der Waals surface area contributed by atoms with Gasteiger partial charge in [-0.25, -0.2) is 5.06 Å². The van der Waals surface area contributed by atoms with Crippen LogP contribution >= 0.6 is 12.4 Å². The normalized spacial score (nSPS) is 9.30. The summed E-state index contributed by atoms with van der Waals surface area (Å²) in [6, 6.07) is 0. The highest BCUT2D eigenvalue weighted by Gasteiger charge is 2.09. The van der Waals surface area contributed by atoms with E-state index >= 15 is 0 Å². The van der Waals surface area contributed by atoms with Crippen molar-refractivity contribution in [1.82, 2.24) is 15.0 Å². The Morgan fingerprint density at radius 3 is 2.30 bits per heavy atom. The van der Waals surface area contributed by atoms with Crippen molar-refractivity contribution in [3.63, 3.8) is 0 Å². The van der Waals surface area contributed by atoms with Crippen molar-refractivity contribution in [1.29, 1.82) is 0 Å². The fourth-order valence-electron chi connectivity index (χ4n) is 1.23. The molecular formula is C12H21ClN6O. The number of rotatable bonds is 8. The van der Waals surface area contributed by atoms with Crippen LogP contribution in [0.15, 0.2) is 0 Å². The molecule has 0 aliphatic rings. The molecule has 0 bridgehead atoms. The summed E-state index contributed by atoms with van der Waals surface area (Å²) < 4.78 is 0. The van der Waals surface area contributed by atoms with Gasteiger partial charge in [-0.05, 0) is 6.42 Å². The van der Waals surface area contributed by atoms with Gasteiger partial charge in [0.1, 0.15) is 0 Å². The SMILES string of the molecule is C#CCCNc1nc(NCCC)nc(N(C)OC)n1.Cl. The first kappa shape index (κ1) is 18.2. The van der Waals surface area contributed by atoms with E-state index in [4.69, 9.17) is 11.3 Å². The predicted molar refractivity (Wildman–Crippen MR) is 83.2 cm³/mol. The number of nitrogens with zero attached hydrogens (tertiary/aromatic N) is 4. The summed E-state index contributed by atoms with van der Waals surface area (Å²) in [4.78, 5) is 17.8. The molecule has 0 saturated heterocycles. The van der Waals surface area contributed by atoms with Crippen LogP contribution in [0.4, 0.5) is 17.8 Å². The third kappa shape index (κ3) is 5.91. The largest absolute Gasteiger partial charge is 0.354 e. The van der Waals surface area contributed by atoms with Crippen molar-refractivity contribution >= 4 is 30.3 Å². The zero-order valence-corrected chi connectivity index (χ0v) is 12.8. The van der Waals surface area contributed by atoms with Crippen LogP contribution in [0, 0.1) is 12.3 Å². The van der Waals surface area contributed by atoms with Gasteiger partial charge in [0.05, 0.1) is 7.11 Å². The molecule has 7 nitrogen and oxygen atoms in total. The van der Waals surface area contributed by atoms with Gasteiger partial charge in [0.15, 0.2) is 0 Å². The van der Waals surface area contributed by atoms with E-state index in [-0.39, 0.29) is 12.4 Å². The molecule has 0 aromatic carbocycles. The number of anilines is 3. The molecule has 0 amide bonds. The van der Waals surface area contributed by atoms with Gasteiger partial charge in [-0.15, -0.1) is 24.8 Å². The Hall–Kier alpha value is -1.78. The lowest BCUT2D eigenvalue weighted by atomic mass is 10.4.